The lowest BCUT2D eigenvalue weighted by atomic mass is 9.87. The van der Waals surface area contributed by atoms with Crippen molar-refractivity contribution in [3.63, 3.8) is 0 Å². The number of aromatic nitrogens is 3. The number of rotatable bonds is 4. The Morgan fingerprint density at radius 3 is 2.97 bits per heavy atom. The van der Waals surface area contributed by atoms with Crippen molar-refractivity contribution < 1.29 is 13.6 Å². The summed E-state index contributed by atoms with van der Waals surface area (Å²) >= 11 is 1.27. The average molecular weight is 460 g/mol. The van der Waals surface area contributed by atoms with Gasteiger partial charge < -0.3 is 11.1 Å². The number of fused-ring (bicyclic) bond motifs is 1. The number of hydrogen-bond donors (Lipinski definition) is 2. The van der Waals surface area contributed by atoms with E-state index in [0.717, 1.165) is 53.1 Å². The van der Waals surface area contributed by atoms with Gasteiger partial charge in [-0.1, -0.05) is 19.1 Å². The summed E-state index contributed by atoms with van der Waals surface area (Å²) in [6.45, 7) is 2.14. The number of nitrogens with zero attached hydrogens (tertiary/aromatic N) is 3. The Balaban J connectivity index is 1.52. The van der Waals surface area contributed by atoms with Crippen molar-refractivity contribution in [3.8, 4) is 11.3 Å². The minimum absolute atomic E-state index is 0.190. The fraction of sp³-hybridized carbons (Fsp3) is 0.522. The first-order chi connectivity index (χ1) is 15.3. The van der Waals surface area contributed by atoms with Crippen LogP contribution >= 0.6 is 11.3 Å². The minimum Gasteiger partial charge on any atom is -0.340 e. The number of nitrogens with two attached hydrogens (primary N) is 1. The van der Waals surface area contributed by atoms with E-state index in [1.54, 1.807) is 6.20 Å². The van der Waals surface area contributed by atoms with Gasteiger partial charge in [-0.2, -0.15) is 5.10 Å². The van der Waals surface area contributed by atoms with Crippen LogP contribution < -0.4 is 11.1 Å². The van der Waals surface area contributed by atoms with Crippen LogP contribution in [-0.4, -0.2) is 38.7 Å². The van der Waals surface area contributed by atoms with E-state index in [2.05, 4.69) is 34.5 Å². The lowest BCUT2D eigenvalue weighted by molar-refractivity contribution is -0.0674. The molecule has 0 bridgehead atoms. The first-order valence-corrected chi connectivity index (χ1v) is 12.1. The van der Waals surface area contributed by atoms with Gasteiger partial charge >= 0.3 is 0 Å². The molecule has 9 heteroatoms. The molecule has 0 aromatic carbocycles. The molecule has 2 aromatic rings. The summed E-state index contributed by atoms with van der Waals surface area (Å²) < 4.78 is 30.7. The van der Waals surface area contributed by atoms with Gasteiger partial charge in [0.1, 0.15) is 6.04 Å². The Kier molecular flexibility index (Phi) is 5.49. The fourth-order valence-corrected chi connectivity index (χ4v) is 6.01. The molecule has 3 heterocycles. The number of amides is 1. The predicted molar refractivity (Wildman–Crippen MR) is 122 cm³/mol. The molecule has 5 rings (SSSR count). The Morgan fingerprint density at radius 1 is 1.38 bits per heavy atom. The van der Waals surface area contributed by atoms with Crippen LogP contribution in [0.15, 0.2) is 18.3 Å². The third-order valence-electron chi connectivity index (χ3n) is 6.66. The van der Waals surface area contributed by atoms with Gasteiger partial charge in [0, 0.05) is 30.1 Å². The third-order valence-corrected chi connectivity index (χ3v) is 7.79. The smallest absolute Gasteiger partial charge is 0.280 e. The maximum atomic E-state index is 14.4. The van der Waals surface area contributed by atoms with Crippen molar-refractivity contribution in [1.29, 1.82) is 0 Å². The number of halogens is 2. The molecular weight excluding hydrogens is 432 g/mol. The number of allylic oxidation sites excluding steroid dienone is 3. The Morgan fingerprint density at radius 2 is 2.22 bits per heavy atom. The summed E-state index contributed by atoms with van der Waals surface area (Å²) in [7, 11) is 0. The van der Waals surface area contributed by atoms with Gasteiger partial charge in [0.15, 0.2) is 5.01 Å². The Labute approximate surface area is 189 Å². The lowest BCUT2D eigenvalue weighted by Crippen LogP contribution is -2.59. The second-order valence-electron chi connectivity index (χ2n) is 9.00. The summed E-state index contributed by atoms with van der Waals surface area (Å²) in [5.74, 6) is -3.34. The summed E-state index contributed by atoms with van der Waals surface area (Å²) in [6, 6.07) is -2.14. The molecule has 2 aliphatic carbocycles. The predicted octanol–water partition coefficient (Wildman–Crippen LogP) is 4.80. The van der Waals surface area contributed by atoms with E-state index in [1.165, 1.54) is 11.3 Å². The average Bonchev–Trinajstić information content (AvgIpc) is 3.49. The molecule has 32 heavy (non-hydrogen) atoms. The topological polar surface area (TPSA) is 85.8 Å². The molecule has 3 atom stereocenters. The van der Waals surface area contributed by atoms with Gasteiger partial charge in [-0.05, 0) is 44.1 Å². The molecule has 0 saturated heterocycles. The zero-order valence-electron chi connectivity index (χ0n) is 18.0. The molecule has 3 N–H and O–H groups in total. The van der Waals surface area contributed by atoms with Crippen LogP contribution in [0.3, 0.4) is 0 Å². The van der Waals surface area contributed by atoms with E-state index in [1.807, 2.05) is 10.9 Å². The van der Waals surface area contributed by atoms with Crippen LogP contribution in [0.5, 0.6) is 0 Å². The monoisotopic (exact) mass is 459 g/mol. The highest BCUT2D eigenvalue weighted by Crippen LogP contribution is 2.42. The van der Waals surface area contributed by atoms with E-state index in [0.29, 0.717) is 12.8 Å². The quantitative estimate of drug-likeness (QED) is 0.688. The van der Waals surface area contributed by atoms with Crippen molar-refractivity contribution in [1.82, 2.24) is 20.1 Å². The lowest BCUT2D eigenvalue weighted by Gasteiger charge is -2.36. The van der Waals surface area contributed by atoms with E-state index < -0.39 is 23.9 Å². The van der Waals surface area contributed by atoms with Crippen molar-refractivity contribution in [2.45, 2.75) is 75.8 Å². The molecule has 1 amide bonds. The molecule has 6 nitrogen and oxygen atoms in total. The molecule has 1 fully saturated rings. The van der Waals surface area contributed by atoms with Crippen molar-refractivity contribution in [2.24, 2.45) is 5.73 Å². The number of carbonyl (C=O) groups is 1. The molecule has 170 valence electrons. The highest BCUT2D eigenvalue weighted by atomic mass is 32.1. The molecule has 1 unspecified atom stereocenters. The van der Waals surface area contributed by atoms with Crippen LogP contribution in [0.4, 0.5) is 8.78 Å². The molecule has 2 aromatic heterocycles. The highest BCUT2D eigenvalue weighted by molar-refractivity contribution is 7.15. The van der Waals surface area contributed by atoms with E-state index in [9.17, 15) is 13.6 Å². The largest absolute Gasteiger partial charge is 0.340 e. The molecule has 0 radical (unpaired) electrons. The zero-order valence-corrected chi connectivity index (χ0v) is 18.8. The molecule has 0 spiro atoms. The van der Waals surface area contributed by atoms with Crippen LogP contribution in [-0.2, 0) is 0 Å². The normalized spacial score (nSPS) is 26.6. The fourth-order valence-electron chi connectivity index (χ4n) is 4.96. The van der Waals surface area contributed by atoms with Gasteiger partial charge in [0.25, 0.3) is 11.8 Å². The minimum atomic E-state index is -3.02. The molecule has 1 aliphatic heterocycles. The number of nitrogens with one attached hydrogen (secondary N) is 1. The number of hydrogen-bond acceptors (Lipinski definition) is 5. The summed E-state index contributed by atoms with van der Waals surface area (Å²) in [4.78, 5) is 18.7. The second kappa shape index (κ2) is 8.19. The van der Waals surface area contributed by atoms with Crippen LogP contribution in [0.25, 0.3) is 23.0 Å². The first-order valence-electron chi connectivity index (χ1n) is 11.2. The standard InChI is InChI=1S/C23H27F2N5OS/c1-13-6-5-11-30-18(13)15(12-27-30)17-19(14-7-2-3-8-14)32-22(28-17)21(31)29-20-16(26)9-4-10-23(20,24)25/h5,7,11-13,16,20H,2-4,6,8-10,26H2,1H3,(H,29,31)/t13?,16-,20-/m1/s1. The van der Waals surface area contributed by atoms with Crippen molar-refractivity contribution >= 4 is 29.0 Å². The maximum Gasteiger partial charge on any atom is 0.280 e. The molecular formula is C23H27F2N5OS. The van der Waals surface area contributed by atoms with Gasteiger partial charge in [0.2, 0.25) is 0 Å². The maximum absolute atomic E-state index is 14.4. The van der Waals surface area contributed by atoms with Crippen LogP contribution in [0, 0.1) is 0 Å². The van der Waals surface area contributed by atoms with Crippen LogP contribution in [0.2, 0.25) is 0 Å². The SMILES string of the molecule is CC1CC=Cn2ncc(-c3nc(C(=O)N[C@@H]4[C@H](N)CCCC4(F)F)sc3C3=CCCC3)c21. The van der Waals surface area contributed by atoms with Crippen molar-refractivity contribution in [2.75, 3.05) is 0 Å². The summed E-state index contributed by atoms with van der Waals surface area (Å²) in [5.41, 5.74) is 9.79. The van der Waals surface area contributed by atoms with E-state index in [4.69, 9.17) is 5.73 Å². The molecule has 1 saturated carbocycles. The summed E-state index contributed by atoms with van der Waals surface area (Å²) in [6.07, 6.45) is 12.4. The second-order valence-corrected chi connectivity index (χ2v) is 10.00. The Hall–Kier alpha value is -2.39. The summed E-state index contributed by atoms with van der Waals surface area (Å²) in [5, 5.41) is 7.18. The van der Waals surface area contributed by atoms with E-state index in [-0.39, 0.29) is 17.3 Å². The van der Waals surface area contributed by atoms with Gasteiger partial charge in [-0.25, -0.2) is 18.4 Å². The van der Waals surface area contributed by atoms with Crippen LogP contribution in [0.1, 0.15) is 78.2 Å². The molecule has 3 aliphatic rings. The number of thiazole rings is 1. The van der Waals surface area contributed by atoms with E-state index >= 15 is 0 Å². The van der Waals surface area contributed by atoms with Gasteiger partial charge in [-0.15, -0.1) is 11.3 Å². The first kappa shape index (κ1) is 21.5. The van der Waals surface area contributed by atoms with Gasteiger partial charge in [0.05, 0.1) is 22.5 Å². The van der Waals surface area contributed by atoms with Gasteiger partial charge in [-0.3, -0.25) is 4.79 Å². The highest BCUT2D eigenvalue weighted by Gasteiger charge is 2.47. The Bertz CT molecular complexity index is 1100. The third kappa shape index (κ3) is 3.71. The number of carbonyl (C=O) groups excluding carboxylic acids is 1. The zero-order chi connectivity index (χ0) is 22.5. The van der Waals surface area contributed by atoms with Crippen molar-refractivity contribution in [3.05, 3.63) is 33.9 Å². The number of alkyl halides is 2.